The smallest absolute Gasteiger partial charge is 2.00 e. The summed E-state index contributed by atoms with van der Waals surface area (Å²) >= 11 is 0. The van der Waals surface area contributed by atoms with Crippen molar-refractivity contribution >= 4 is 65.4 Å². The summed E-state index contributed by atoms with van der Waals surface area (Å²) in [7, 11) is 0. The number of para-hydroxylation sites is 6. The van der Waals surface area contributed by atoms with E-state index in [-0.39, 0.29) is 181 Å². The molecule has 0 bridgehead atoms. The number of ether oxygens (including phenoxy) is 4. The number of nitrogens with zero attached hydrogens (tertiary/aromatic N) is 12. The third-order valence-electron chi connectivity index (χ3n) is 19.2. The molecule has 0 saturated carbocycles. The number of fused-ring (bicyclic) bond motifs is 6. The van der Waals surface area contributed by atoms with Crippen molar-refractivity contribution in [1.82, 2.24) is 50.3 Å². The van der Waals surface area contributed by atoms with E-state index < -0.39 is 109 Å². The van der Waals surface area contributed by atoms with E-state index in [0.29, 0.717) is 55.4 Å². The van der Waals surface area contributed by atoms with Gasteiger partial charge < -0.3 is 137 Å². The van der Waals surface area contributed by atoms with Crippen molar-refractivity contribution in [3.63, 3.8) is 0 Å². The van der Waals surface area contributed by atoms with Crippen LogP contribution in [0.25, 0.3) is 65.4 Å². The number of hydrogen-bond donors (Lipinski definition) is 10. The fraction of sp³-hybridized carbons (Fsp3) is 0.300. The first-order valence-corrected chi connectivity index (χ1v) is 36.0. The number of hydrogen-bond acceptors (Lipinski definition) is 38. The number of nitriles is 2. The summed E-state index contributed by atoms with van der Waals surface area (Å²) < 4.78 is 22.7. The molecule has 125 heavy (non-hydrogen) atoms. The second-order valence-corrected chi connectivity index (χ2v) is 27.1. The van der Waals surface area contributed by atoms with Gasteiger partial charge in [0, 0.05) is 13.8 Å². The number of pyridine rings is 6. The molecule has 10 N–H and O–H groups in total. The molecule has 12 aromatic rings. The van der Waals surface area contributed by atoms with Crippen molar-refractivity contribution < 1.29 is 185 Å². The van der Waals surface area contributed by atoms with Gasteiger partial charge in [-0.05, 0) is 68.7 Å². The van der Waals surface area contributed by atoms with Gasteiger partial charge in [-0.1, -0.05) is 180 Å². The molecule has 4 aliphatic rings. The first kappa shape index (κ1) is 107. The Morgan fingerprint density at radius 2 is 0.624 bits per heavy atom. The molecule has 2 radical (unpaired) electrons. The third kappa shape index (κ3) is 24.9. The van der Waals surface area contributed by atoms with Gasteiger partial charge in [0.1, 0.15) is 0 Å². The fourth-order valence-corrected chi connectivity index (χ4v) is 13.0. The van der Waals surface area contributed by atoms with Crippen LogP contribution in [0.2, 0.25) is 0 Å². The fourth-order valence-electron chi connectivity index (χ4n) is 13.0. The molecule has 4 fully saturated rings. The Morgan fingerprint density at radius 1 is 0.400 bits per heavy atom. The van der Waals surface area contributed by atoms with Gasteiger partial charge in [0.25, 0.3) is 0 Å². The monoisotopic (exact) mass is 1890 g/mol. The molecule has 4 aliphatic heterocycles. The number of aliphatic hydroxyl groups excluding tert-OH is 8. The first-order chi connectivity index (χ1) is 57.6. The van der Waals surface area contributed by atoms with E-state index in [4.69, 9.17) is 60.1 Å². The van der Waals surface area contributed by atoms with Crippen molar-refractivity contribution in [3.8, 4) is 46.6 Å². The molecule has 0 unspecified atom stereocenters. The third-order valence-corrected chi connectivity index (χ3v) is 19.2. The maximum absolute atomic E-state index is 12.3. The van der Waals surface area contributed by atoms with Crippen molar-refractivity contribution in [3.05, 3.63) is 247 Å². The summed E-state index contributed by atoms with van der Waals surface area (Å²) in [5, 5.41) is 231. The first-order valence-electron chi connectivity index (χ1n) is 36.0. The minimum atomic E-state index is -1.75. The SMILES string of the molecule is CC#N.CC#N.O=[N+]([O-])[O-].O=[N+]([O-])[O-].[Fe+3].[Fe+3].[Fe+4].[Fe+4].[O-2].[O-]C[C@@]1(CO)CO[C@@H](c2ccc3cccc([O-])c3n2)N1.[O-]C[C@]1(CO)CO[C@H](c2ccc3cccc([O-])c3n2)N1.[O-]c1cccc2ccc([C@@H](O)N3[C@H](c4ccc5cccc([O-])c5n4)OCC3(CO)CO)nc12.[O-]c1cccc2ccc([C@H]3OCC(CO)(CO)N3[C@@H](O)c3ccc4cccc([O-])c4n3)nc12. The molecule has 6 aromatic carbocycles. The van der Waals surface area contributed by atoms with Crippen LogP contribution in [0.4, 0.5) is 0 Å². The average molecular weight is 1890 g/mol. The molecule has 4 saturated heterocycles. The van der Waals surface area contributed by atoms with Gasteiger partial charge in [-0.25, -0.2) is 39.7 Å². The van der Waals surface area contributed by atoms with Gasteiger partial charge >= 0.3 is 68.3 Å². The molecule has 10 heterocycles. The minimum absolute atomic E-state index is 0. The topological polar surface area (TPSA) is 700 Å². The standard InChI is InChI=1S/2C24H23N3O6.2C14H15N2O4.2C2H3N.4Fe.2NO3.O/c2*28-11-24(12-29)13-33-23(17-10-8-15-4-2-6-19(31)21(15)26-17)27(24)22(32)16-9-7-14-3-1-5-18(30)20(14)25-16;2*17-6-14(7-18)8-20-13(16-14)10-5-4-9-2-1-3-11(19)12(9)15-10;2*1-2-3;;;;;2*2-1(3)4;/h2*1-10,22-23,28-32H,11-13H2;2*1-5,13,16-17,19H,6-8H2;2*1H3;;;;;;;/q;;2*-1;;;2*+3;2*+4;2*-1;-2/p-6/t2*22-,23+;2*13-,14-;;;;;;;;;/m1010........./s1. The van der Waals surface area contributed by atoms with E-state index in [9.17, 15) is 81.7 Å². The molecule has 16 rings (SSSR count). The van der Waals surface area contributed by atoms with Crippen LogP contribution in [0.3, 0.4) is 0 Å². The molecule has 0 aliphatic carbocycles. The van der Waals surface area contributed by atoms with Crippen LogP contribution < -0.4 is 51.5 Å². The predicted molar refractivity (Wildman–Crippen MR) is 409 cm³/mol. The number of nitrogens with one attached hydrogen (secondary N) is 2. The summed E-state index contributed by atoms with van der Waals surface area (Å²) in [6.07, 6.45) is -6.02. The Hall–Kier alpha value is -10.7. The van der Waals surface area contributed by atoms with Crippen LogP contribution in [0.5, 0.6) is 34.5 Å². The van der Waals surface area contributed by atoms with Crippen LogP contribution in [0.15, 0.2) is 182 Å². The van der Waals surface area contributed by atoms with Crippen LogP contribution in [0, 0.1) is 53.3 Å². The number of rotatable bonds is 16. The Bertz CT molecular complexity index is 5280. The van der Waals surface area contributed by atoms with Gasteiger partial charge in [-0.3, -0.25) is 10.6 Å². The molecule has 0 spiro atoms. The molecule has 45 heteroatoms. The summed E-state index contributed by atoms with van der Waals surface area (Å²) in [4.78, 5) is 45.5. The van der Waals surface area contributed by atoms with E-state index in [1.54, 1.807) is 146 Å². The molecule has 41 nitrogen and oxygen atoms in total. The largest absolute Gasteiger partial charge is 4.00 e. The number of benzene rings is 6. The molecular weight excluding hydrogens is 1810 g/mol. The number of aromatic nitrogens is 6. The zero-order chi connectivity index (χ0) is 87.2. The van der Waals surface area contributed by atoms with E-state index >= 15 is 0 Å². The normalized spacial score (nSPS) is 19.1. The minimum Gasteiger partial charge on any atom is -2.00 e. The van der Waals surface area contributed by atoms with Gasteiger partial charge in [0.2, 0.25) is 0 Å². The Balaban J connectivity index is 0.000000334. The van der Waals surface area contributed by atoms with E-state index in [0.717, 1.165) is 10.8 Å². The molecule has 6 aromatic heterocycles. The van der Waals surface area contributed by atoms with E-state index in [2.05, 4.69) is 40.5 Å². The molecule has 658 valence electrons. The van der Waals surface area contributed by atoms with Crippen molar-refractivity contribution in [2.75, 3.05) is 79.3 Å². The van der Waals surface area contributed by atoms with Gasteiger partial charge in [-0.2, -0.15) is 10.5 Å². The summed E-state index contributed by atoms with van der Waals surface area (Å²) in [5.41, 5.74) is -0.960. The molecule has 0 amide bonds. The molecule has 8 atom stereocenters. The number of aliphatic hydroxyl groups is 8. The van der Waals surface area contributed by atoms with Gasteiger partial charge in [0.05, 0.1) is 178 Å². The summed E-state index contributed by atoms with van der Waals surface area (Å²) in [5.74, 6) is -1.39. The average Bonchev–Trinajstić information content (AvgIpc) is 1.60. The predicted octanol–water partition coefficient (Wildman–Crippen LogP) is -0.160. The zero-order valence-corrected chi connectivity index (χ0v) is 69.8. The van der Waals surface area contributed by atoms with Crippen molar-refractivity contribution in [2.45, 2.75) is 73.4 Å². The second kappa shape index (κ2) is 48.7. The Kier molecular flexibility index (Phi) is 41.5. The van der Waals surface area contributed by atoms with Gasteiger partial charge in [0.15, 0.2) is 37.4 Å². The van der Waals surface area contributed by atoms with Crippen LogP contribution in [0.1, 0.15) is 85.4 Å². The molecular formula is C80H76Fe4N14O27+2. The van der Waals surface area contributed by atoms with Crippen LogP contribution in [-0.2, 0) is 92.7 Å². The van der Waals surface area contributed by atoms with E-state index in [1.165, 1.54) is 60.0 Å². The maximum atomic E-state index is 12.3. The second-order valence-electron chi connectivity index (χ2n) is 27.1. The van der Waals surface area contributed by atoms with Crippen molar-refractivity contribution in [2.24, 2.45) is 0 Å². The van der Waals surface area contributed by atoms with Crippen molar-refractivity contribution in [1.29, 1.82) is 10.5 Å². The Morgan fingerprint density at radius 3 is 0.848 bits per heavy atom. The van der Waals surface area contributed by atoms with Crippen LogP contribution in [-0.4, -0.2) is 192 Å². The maximum Gasteiger partial charge on any atom is 4.00 e. The van der Waals surface area contributed by atoms with E-state index in [1.807, 2.05) is 12.1 Å². The van der Waals surface area contributed by atoms with Gasteiger partial charge in [-0.15, -0.1) is 13.2 Å². The van der Waals surface area contributed by atoms with Crippen LogP contribution >= 0.6 is 0 Å². The zero-order valence-electron chi connectivity index (χ0n) is 65.4. The quantitative estimate of drug-likeness (QED) is 0.0341. The summed E-state index contributed by atoms with van der Waals surface area (Å²) in [6, 6.07) is 52.9. The summed E-state index contributed by atoms with van der Waals surface area (Å²) in [6.45, 7) is -0.721. The Labute approximate surface area is 752 Å².